The standard InChI is InChI=1S/C31H37F2N5O3/c1-18(34-4)19-6-7-20(12-19)21-9-11-27(41-30(32)33)23(13-21)17-38-26-14-22(8-10-25(26)28(39)37(38)5)24-15-35-29(36-16-24)31(2,3)40/h8-11,13-16,18-20,30,34,40H,6-7,12,17H2,1-5H3/t18?,19-,20+/m1/s1. The number of nitrogens with one attached hydrogen (secondary N) is 1. The van der Waals surface area contributed by atoms with E-state index >= 15 is 0 Å². The highest BCUT2D eigenvalue weighted by Gasteiger charge is 2.29. The summed E-state index contributed by atoms with van der Waals surface area (Å²) in [6, 6.07) is 11.3. The Morgan fingerprint density at radius 3 is 2.51 bits per heavy atom. The number of hydrogen-bond donors (Lipinski definition) is 2. The van der Waals surface area contributed by atoms with E-state index in [1.807, 2.05) is 31.3 Å². The quantitative estimate of drug-likeness (QED) is 0.291. The Labute approximate surface area is 238 Å². The van der Waals surface area contributed by atoms with Gasteiger partial charge in [0, 0.05) is 36.6 Å². The van der Waals surface area contributed by atoms with E-state index in [-0.39, 0.29) is 17.9 Å². The van der Waals surface area contributed by atoms with Gasteiger partial charge in [-0.1, -0.05) is 12.1 Å². The highest BCUT2D eigenvalue weighted by atomic mass is 19.3. The van der Waals surface area contributed by atoms with Crippen LogP contribution < -0.4 is 15.6 Å². The Morgan fingerprint density at radius 2 is 1.85 bits per heavy atom. The molecule has 1 unspecified atom stereocenters. The van der Waals surface area contributed by atoms with Crippen LogP contribution in [0.2, 0.25) is 0 Å². The third-order valence-corrected chi connectivity index (χ3v) is 8.42. The monoisotopic (exact) mass is 565 g/mol. The molecule has 0 saturated heterocycles. The first-order valence-electron chi connectivity index (χ1n) is 14.0. The third kappa shape index (κ3) is 5.90. The molecule has 10 heteroatoms. The zero-order valence-corrected chi connectivity index (χ0v) is 24.1. The summed E-state index contributed by atoms with van der Waals surface area (Å²) in [5.41, 5.74) is 2.48. The fourth-order valence-electron chi connectivity index (χ4n) is 5.89. The maximum absolute atomic E-state index is 13.4. The molecule has 0 amide bonds. The van der Waals surface area contributed by atoms with Gasteiger partial charge in [-0.05, 0) is 94.3 Å². The van der Waals surface area contributed by atoms with Gasteiger partial charge in [0.1, 0.15) is 11.4 Å². The van der Waals surface area contributed by atoms with Gasteiger partial charge < -0.3 is 15.2 Å². The number of rotatable bonds is 9. The third-order valence-electron chi connectivity index (χ3n) is 8.42. The molecule has 1 saturated carbocycles. The lowest BCUT2D eigenvalue weighted by Gasteiger charge is -2.20. The van der Waals surface area contributed by atoms with Gasteiger partial charge in [0.25, 0.3) is 5.56 Å². The zero-order chi connectivity index (χ0) is 29.5. The van der Waals surface area contributed by atoms with Gasteiger partial charge in [-0.25, -0.2) is 9.97 Å². The van der Waals surface area contributed by atoms with Gasteiger partial charge in [-0.15, -0.1) is 0 Å². The molecule has 4 aromatic rings. The van der Waals surface area contributed by atoms with Gasteiger partial charge in [-0.3, -0.25) is 14.2 Å². The molecule has 1 aliphatic rings. The van der Waals surface area contributed by atoms with Crippen molar-refractivity contribution in [3.8, 4) is 16.9 Å². The Hall–Kier alpha value is -3.63. The molecule has 2 heterocycles. The topological polar surface area (TPSA) is 94.2 Å². The smallest absolute Gasteiger partial charge is 0.387 e. The van der Waals surface area contributed by atoms with Gasteiger partial charge in [0.2, 0.25) is 0 Å². The number of halogens is 2. The molecule has 41 heavy (non-hydrogen) atoms. The first-order chi connectivity index (χ1) is 19.5. The van der Waals surface area contributed by atoms with E-state index in [4.69, 9.17) is 4.74 Å². The number of hydrogen-bond acceptors (Lipinski definition) is 6. The lowest BCUT2D eigenvalue weighted by Crippen LogP contribution is -2.28. The number of aromatic nitrogens is 4. The minimum atomic E-state index is -2.96. The number of alkyl halides is 2. The second-order valence-electron chi connectivity index (χ2n) is 11.6. The van der Waals surface area contributed by atoms with Gasteiger partial charge in [0.15, 0.2) is 5.82 Å². The minimum absolute atomic E-state index is 0.1000. The van der Waals surface area contributed by atoms with E-state index in [0.717, 1.165) is 36.0 Å². The highest BCUT2D eigenvalue weighted by Crippen LogP contribution is 2.41. The summed E-state index contributed by atoms with van der Waals surface area (Å²) in [4.78, 5) is 21.7. The van der Waals surface area contributed by atoms with Crippen molar-refractivity contribution in [1.82, 2.24) is 24.6 Å². The van der Waals surface area contributed by atoms with Crippen LogP contribution in [0.3, 0.4) is 0 Å². The van der Waals surface area contributed by atoms with Crippen molar-refractivity contribution in [3.63, 3.8) is 0 Å². The van der Waals surface area contributed by atoms with Crippen LogP contribution in [-0.2, 0) is 19.2 Å². The van der Waals surface area contributed by atoms with Crippen molar-refractivity contribution in [2.24, 2.45) is 13.0 Å². The van der Waals surface area contributed by atoms with E-state index in [0.29, 0.717) is 40.2 Å². The summed E-state index contributed by atoms with van der Waals surface area (Å²) in [6.07, 6.45) is 6.44. The molecule has 2 N–H and O–H groups in total. The average Bonchev–Trinajstić information content (AvgIpc) is 3.53. The molecule has 8 nitrogen and oxygen atoms in total. The predicted molar refractivity (Wildman–Crippen MR) is 154 cm³/mol. The summed E-state index contributed by atoms with van der Waals surface area (Å²) < 4.78 is 35.0. The molecule has 0 spiro atoms. The molecule has 0 radical (unpaired) electrons. The van der Waals surface area contributed by atoms with E-state index in [2.05, 4.69) is 22.2 Å². The lowest BCUT2D eigenvalue weighted by atomic mass is 9.92. The molecule has 218 valence electrons. The van der Waals surface area contributed by atoms with Crippen LogP contribution in [-0.4, -0.2) is 44.1 Å². The molecule has 5 rings (SSSR count). The summed E-state index contributed by atoms with van der Waals surface area (Å²) in [5.74, 6) is 1.29. The molecule has 3 atom stereocenters. The predicted octanol–water partition coefficient (Wildman–Crippen LogP) is 5.17. The Morgan fingerprint density at radius 1 is 1.12 bits per heavy atom. The highest BCUT2D eigenvalue weighted by molar-refractivity contribution is 5.84. The van der Waals surface area contributed by atoms with Crippen molar-refractivity contribution in [3.05, 3.63) is 76.1 Å². The van der Waals surface area contributed by atoms with Crippen LogP contribution in [0.1, 0.15) is 62.9 Å². The van der Waals surface area contributed by atoms with E-state index in [1.165, 1.54) is 4.68 Å². The van der Waals surface area contributed by atoms with Crippen LogP contribution in [0.5, 0.6) is 5.75 Å². The molecule has 0 aliphatic heterocycles. The van der Waals surface area contributed by atoms with Gasteiger partial charge >= 0.3 is 6.61 Å². The summed E-state index contributed by atoms with van der Waals surface area (Å²) in [6.45, 7) is 2.64. The minimum Gasteiger partial charge on any atom is -0.434 e. The first kappa shape index (κ1) is 28.9. The molecule has 1 aliphatic carbocycles. The second-order valence-corrected chi connectivity index (χ2v) is 11.6. The first-order valence-corrected chi connectivity index (χ1v) is 14.0. The number of aliphatic hydroxyl groups is 1. The fraction of sp³-hybridized carbons (Fsp3) is 0.452. The molecule has 1 fully saturated rings. The molecule has 2 aromatic carbocycles. The average molecular weight is 566 g/mol. The largest absolute Gasteiger partial charge is 0.434 e. The van der Waals surface area contributed by atoms with Crippen LogP contribution in [0.4, 0.5) is 8.78 Å². The van der Waals surface area contributed by atoms with Crippen LogP contribution in [0.15, 0.2) is 53.6 Å². The molecular weight excluding hydrogens is 528 g/mol. The Kier molecular flexibility index (Phi) is 7.98. The Bertz CT molecular complexity index is 1590. The number of ether oxygens (including phenoxy) is 1. The zero-order valence-electron chi connectivity index (χ0n) is 24.1. The van der Waals surface area contributed by atoms with Crippen molar-refractivity contribution < 1.29 is 18.6 Å². The number of nitrogens with zero attached hydrogens (tertiary/aromatic N) is 4. The maximum Gasteiger partial charge on any atom is 0.387 e. The summed E-state index contributed by atoms with van der Waals surface area (Å²) >= 11 is 0. The van der Waals surface area contributed by atoms with Gasteiger partial charge in [-0.2, -0.15) is 8.78 Å². The van der Waals surface area contributed by atoms with E-state index in [9.17, 15) is 18.7 Å². The van der Waals surface area contributed by atoms with E-state index in [1.54, 1.807) is 50.1 Å². The van der Waals surface area contributed by atoms with Crippen LogP contribution in [0.25, 0.3) is 22.0 Å². The summed E-state index contributed by atoms with van der Waals surface area (Å²) in [5, 5.41) is 14.0. The van der Waals surface area contributed by atoms with E-state index < -0.39 is 12.2 Å². The Balaban J connectivity index is 1.53. The fourth-order valence-corrected chi connectivity index (χ4v) is 5.89. The number of fused-ring (bicyclic) bond motifs is 1. The van der Waals surface area contributed by atoms with Crippen molar-refractivity contribution in [1.29, 1.82) is 0 Å². The maximum atomic E-state index is 13.4. The molecular formula is C31H37F2N5O3. The van der Waals surface area contributed by atoms with Crippen LogP contribution >= 0.6 is 0 Å². The number of benzene rings is 2. The van der Waals surface area contributed by atoms with Crippen molar-refractivity contribution in [2.45, 2.75) is 70.8 Å². The summed E-state index contributed by atoms with van der Waals surface area (Å²) in [7, 11) is 3.64. The molecule has 2 aromatic heterocycles. The second kappa shape index (κ2) is 11.3. The van der Waals surface area contributed by atoms with Crippen molar-refractivity contribution in [2.75, 3.05) is 7.05 Å². The normalized spacial score (nSPS) is 18.4. The lowest BCUT2D eigenvalue weighted by molar-refractivity contribution is -0.0505. The van der Waals surface area contributed by atoms with Crippen LogP contribution in [0, 0.1) is 5.92 Å². The molecule has 0 bridgehead atoms. The van der Waals surface area contributed by atoms with Crippen molar-refractivity contribution >= 4 is 10.9 Å². The van der Waals surface area contributed by atoms with Gasteiger partial charge in [0.05, 0.1) is 17.4 Å². The SMILES string of the molecule is CNC(C)[C@@H]1CC[C@H](c2ccc(OC(F)F)c(Cn3c4cc(-c5cnc(C(C)(C)O)nc5)ccc4c(=O)n3C)c2)C1.